The molecule has 0 saturated heterocycles. The number of rotatable bonds is 2. The first-order valence-corrected chi connectivity index (χ1v) is 21.8. The van der Waals surface area contributed by atoms with Crippen LogP contribution in [0.4, 0.5) is 0 Å². The molecule has 1 atom stereocenters. The van der Waals surface area contributed by atoms with Gasteiger partial charge in [0, 0.05) is 0 Å². The molecule has 0 radical (unpaired) electrons. The van der Waals surface area contributed by atoms with Crippen LogP contribution >= 0.6 is 24.8 Å². The Morgan fingerprint density at radius 3 is 2.25 bits per heavy atom. The zero-order valence-corrected chi connectivity index (χ0v) is 20.9. The summed E-state index contributed by atoms with van der Waals surface area (Å²) in [5.74, 6) is 0. The third kappa shape index (κ3) is 3.63. The predicted molar refractivity (Wildman–Crippen MR) is 113 cm³/mol. The third-order valence-electron chi connectivity index (χ3n) is 5.55. The van der Waals surface area contributed by atoms with Gasteiger partial charge in [0.15, 0.2) is 0 Å². The summed E-state index contributed by atoms with van der Waals surface area (Å²) in [5, 5.41) is 0. The van der Waals surface area contributed by atoms with Crippen molar-refractivity contribution in [3.05, 3.63) is 63.0 Å². The molecule has 24 heavy (non-hydrogen) atoms. The molecule has 0 amide bonds. The van der Waals surface area contributed by atoms with E-state index in [0.717, 1.165) is 0 Å². The minimum Gasteiger partial charge on any atom is -0.147 e. The standard InChI is InChI=1S/C13H15.C5H5.2CH3.2ClH.H2Si.Zr/c1-13(2,3)12-9-8-10-6-4-5-7-11(10)12;1-2-4-5-3-1;;;;;;/h4-9H,1-3H3;1-3H,4H2;2*1H3;2*1H;1H2;. The Bertz CT molecular complexity index is 788. The van der Waals surface area contributed by atoms with Gasteiger partial charge in [0.25, 0.3) is 0 Å². The van der Waals surface area contributed by atoms with Crippen LogP contribution in [0.3, 0.4) is 0 Å². The van der Waals surface area contributed by atoms with Crippen LogP contribution in [0.2, 0.25) is 9.26 Å². The van der Waals surface area contributed by atoms with Gasteiger partial charge in [0.2, 0.25) is 0 Å². The first-order valence-electron chi connectivity index (χ1n) is 8.35. The summed E-state index contributed by atoms with van der Waals surface area (Å²) in [6, 6.07) is 9.14. The maximum Gasteiger partial charge on any atom is -0.147 e. The van der Waals surface area contributed by atoms with Crippen LogP contribution in [0.5, 0.6) is 0 Å². The van der Waals surface area contributed by atoms with Crippen molar-refractivity contribution in [2.24, 2.45) is 5.41 Å². The van der Waals surface area contributed by atoms with E-state index in [1.165, 1.54) is 12.0 Å². The third-order valence-corrected chi connectivity index (χ3v) is 23.0. The molecule has 2 aliphatic rings. The number of fused-ring (bicyclic) bond motifs is 1. The van der Waals surface area contributed by atoms with Crippen molar-refractivity contribution >= 4 is 37.3 Å². The zero-order valence-electron chi connectivity index (χ0n) is 15.4. The fourth-order valence-electron chi connectivity index (χ4n) is 4.04. The smallest absolute Gasteiger partial charge is 0.147 e. The largest absolute Gasteiger partial charge is 0.147 e. The molecular weight excluding hydrogens is 430 g/mol. The quantitative estimate of drug-likeness (QED) is 0.462. The molecule has 0 spiro atoms. The molecule has 0 saturated carbocycles. The van der Waals surface area contributed by atoms with E-state index in [9.17, 15) is 0 Å². The average Bonchev–Trinajstić information content (AvgIpc) is 3.06. The monoisotopic (exact) mass is 458 g/mol. The molecule has 4 heteroatoms. The maximum absolute atomic E-state index is 2.97. The number of benzene rings is 1. The Hall–Kier alpha value is 0.120. The molecule has 2 aliphatic carbocycles. The van der Waals surface area contributed by atoms with Crippen molar-refractivity contribution in [2.75, 3.05) is 0 Å². The van der Waals surface area contributed by atoms with Gasteiger partial charge in [0.05, 0.1) is 0 Å². The molecule has 0 aromatic heterocycles. The van der Waals surface area contributed by atoms with Crippen molar-refractivity contribution in [3.8, 4) is 0 Å². The van der Waals surface area contributed by atoms with E-state index in [4.69, 9.17) is 0 Å². The Kier molecular flexibility index (Phi) is 6.49. The van der Waals surface area contributed by atoms with E-state index in [2.05, 4.69) is 85.5 Å². The summed E-state index contributed by atoms with van der Waals surface area (Å²) in [7, 11) is 0. The van der Waals surface area contributed by atoms with Gasteiger partial charge < -0.3 is 0 Å². The molecule has 1 aromatic rings. The average molecular weight is 461 g/mol. The van der Waals surface area contributed by atoms with Gasteiger partial charge in [-0.05, 0) is 0 Å². The summed E-state index contributed by atoms with van der Waals surface area (Å²) in [6.07, 6.45) is 10.8. The van der Waals surface area contributed by atoms with Crippen LogP contribution in [0.25, 0.3) is 5.57 Å². The van der Waals surface area contributed by atoms with Crippen molar-refractivity contribution < 1.29 is 17.4 Å². The predicted octanol–water partition coefficient (Wildman–Crippen LogP) is 6.19. The summed E-state index contributed by atoms with van der Waals surface area (Å²) in [5.41, 5.74) is 4.86. The van der Waals surface area contributed by atoms with Gasteiger partial charge >= 0.3 is 138 Å². The Labute approximate surface area is 162 Å². The van der Waals surface area contributed by atoms with Gasteiger partial charge in [-0.1, -0.05) is 0 Å². The summed E-state index contributed by atoms with van der Waals surface area (Å²) >= 11 is -2.97. The molecule has 0 bridgehead atoms. The van der Waals surface area contributed by atoms with Crippen LogP contribution in [-0.4, -0.2) is 6.88 Å². The van der Waals surface area contributed by atoms with Gasteiger partial charge in [0.1, 0.15) is 0 Å². The number of hydrogen-bond acceptors (Lipinski definition) is 0. The molecule has 0 aliphatic heterocycles. The maximum atomic E-state index is 2.64. The van der Waals surface area contributed by atoms with E-state index in [1.807, 2.05) is 0 Å². The molecule has 132 valence electrons. The first kappa shape index (κ1) is 22.2. The van der Waals surface area contributed by atoms with E-state index < -0.39 is 17.4 Å². The van der Waals surface area contributed by atoms with Gasteiger partial charge in [-0.25, -0.2) is 0 Å². The fourth-order valence-corrected chi connectivity index (χ4v) is 16.9. The van der Waals surface area contributed by atoms with Crippen LogP contribution in [0.1, 0.15) is 41.9 Å². The molecule has 0 fully saturated rings. The molecule has 0 N–H and O–H groups in total. The second-order valence-corrected chi connectivity index (χ2v) is 38.8. The minimum atomic E-state index is -2.97. The van der Waals surface area contributed by atoms with Gasteiger partial charge in [-0.15, -0.1) is 24.8 Å². The van der Waals surface area contributed by atoms with Gasteiger partial charge in [-0.2, -0.15) is 0 Å². The number of hydrogen-bond donors (Lipinski definition) is 0. The first-order chi connectivity index (χ1) is 10.1. The molecule has 1 aromatic carbocycles. The second-order valence-electron chi connectivity index (χ2n) is 9.03. The second kappa shape index (κ2) is 7.03. The normalized spacial score (nSPS) is 19.8. The van der Waals surface area contributed by atoms with E-state index >= 15 is 0 Å². The molecule has 1 unspecified atom stereocenters. The molecule has 0 nitrogen and oxygen atoms in total. The van der Waals surface area contributed by atoms with Crippen LogP contribution in [-0.2, 0) is 17.4 Å². The summed E-state index contributed by atoms with van der Waals surface area (Å²) in [4.78, 5) is 0. The Morgan fingerprint density at radius 1 is 1.08 bits per heavy atom. The van der Waals surface area contributed by atoms with Crippen molar-refractivity contribution in [3.63, 3.8) is 0 Å². The van der Waals surface area contributed by atoms with Crippen molar-refractivity contribution in [1.82, 2.24) is 0 Å². The summed E-state index contributed by atoms with van der Waals surface area (Å²) < 4.78 is 7.69. The Balaban J connectivity index is 0.00000144. The fraction of sp³-hybridized carbons (Fsp3) is 0.400. The van der Waals surface area contributed by atoms with Crippen LogP contribution in [0.15, 0.2) is 51.9 Å². The Morgan fingerprint density at radius 2 is 1.71 bits per heavy atom. The minimum absolute atomic E-state index is 0. The van der Waals surface area contributed by atoms with E-state index in [1.54, 1.807) is 14.4 Å². The number of allylic oxidation sites excluding steroid dienone is 6. The SMILES string of the molecule is CC(C)(C)C1=C[CH]([Zr]([CH3])([CH3])(=[SiH2])[C]2=CC=CC2)c2ccccc21.Cl.Cl. The molecular formula is C20H30Cl2SiZr. The van der Waals surface area contributed by atoms with E-state index in [0.29, 0.717) is 3.63 Å². The van der Waals surface area contributed by atoms with Crippen LogP contribution < -0.4 is 0 Å². The van der Waals surface area contributed by atoms with Crippen molar-refractivity contribution in [2.45, 2.75) is 40.1 Å². The number of halogens is 2. The van der Waals surface area contributed by atoms with Crippen LogP contribution in [0, 0.1) is 5.41 Å². The molecule has 0 heterocycles. The summed E-state index contributed by atoms with van der Waals surface area (Å²) in [6.45, 7) is 9.42. The van der Waals surface area contributed by atoms with E-state index in [-0.39, 0.29) is 30.2 Å². The molecule has 3 rings (SSSR count). The topological polar surface area (TPSA) is 0 Å². The van der Waals surface area contributed by atoms with Crippen molar-refractivity contribution in [1.29, 1.82) is 0 Å². The van der Waals surface area contributed by atoms with Gasteiger partial charge in [-0.3, -0.25) is 0 Å². The zero-order chi connectivity index (χ0) is 16.2.